The zero-order valence-corrected chi connectivity index (χ0v) is 11.0. The molecule has 1 N–H and O–H groups in total. The fourth-order valence-electron chi connectivity index (χ4n) is 2.07. The smallest absolute Gasteiger partial charge is 0.168 e. The molecule has 3 nitrogen and oxygen atoms in total. The molecule has 0 heterocycles. The average Bonchev–Trinajstić information content (AvgIpc) is 2.30. The largest absolute Gasteiger partial charge is 0.360 e. The third-order valence-electron chi connectivity index (χ3n) is 3.05. The lowest BCUT2D eigenvalue weighted by Gasteiger charge is -2.28. The van der Waals surface area contributed by atoms with Crippen molar-refractivity contribution >= 4 is 17.3 Å². The number of nitrogens with zero attached hydrogens (tertiary/aromatic N) is 2. The number of thiocarbonyl (C=S) groups is 1. The van der Waals surface area contributed by atoms with Gasteiger partial charge in [0.1, 0.15) is 0 Å². The predicted octanol–water partition coefficient (Wildman–Crippen LogP) is 2.29. The molecule has 0 spiro atoms. The molecule has 1 fully saturated rings. The van der Waals surface area contributed by atoms with Gasteiger partial charge in [-0.05, 0) is 32.0 Å². The van der Waals surface area contributed by atoms with Crippen LogP contribution in [-0.2, 0) is 0 Å². The van der Waals surface area contributed by atoms with Crippen LogP contribution in [0.1, 0.15) is 39.0 Å². The molecule has 0 radical (unpaired) electrons. The lowest BCUT2D eigenvalue weighted by atomic mass is 9.96. The van der Waals surface area contributed by atoms with Crippen LogP contribution in [0, 0.1) is 17.2 Å². The van der Waals surface area contributed by atoms with Gasteiger partial charge in [0, 0.05) is 19.6 Å². The Morgan fingerprint density at radius 1 is 1.50 bits per heavy atom. The first-order valence-electron chi connectivity index (χ1n) is 6.04. The van der Waals surface area contributed by atoms with E-state index in [9.17, 15) is 0 Å². The second-order valence-electron chi connectivity index (χ2n) is 4.70. The summed E-state index contributed by atoms with van der Waals surface area (Å²) in [4.78, 5) is 1.97. The van der Waals surface area contributed by atoms with E-state index in [-0.39, 0.29) is 5.92 Å². The maximum atomic E-state index is 8.75. The molecule has 4 heteroatoms. The van der Waals surface area contributed by atoms with E-state index in [0.29, 0.717) is 12.6 Å². The molecule has 1 rings (SSSR count). The Morgan fingerprint density at radius 3 is 2.69 bits per heavy atom. The predicted molar refractivity (Wildman–Crippen MR) is 70.0 cm³/mol. The quantitative estimate of drug-likeness (QED) is 0.767. The molecule has 16 heavy (non-hydrogen) atoms. The third-order valence-corrected chi connectivity index (χ3v) is 3.48. The van der Waals surface area contributed by atoms with Gasteiger partial charge < -0.3 is 10.2 Å². The molecule has 1 atom stereocenters. The molecule has 0 aromatic heterocycles. The second-order valence-corrected chi connectivity index (χ2v) is 5.08. The van der Waals surface area contributed by atoms with Crippen LogP contribution < -0.4 is 5.32 Å². The van der Waals surface area contributed by atoms with Crippen LogP contribution in [0.15, 0.2) is 0 Å². The number of hydrogen-bond donors (Lipinski definition) is 1. The fraction of sp³-hybridized carbons (Fsp3) is 0.833. The Bertz CT molecular complexity index is 266. The van der Waals surface area contributed by atoms with Crippen LogP contribution in [0.25, 0.3) is 0 Å². The minimum Gasteiger partial charge on any atom is -0.360 e. The minimum absolute atomic E-state index is 0.0242. The van der Waals surface area contributed by atoms with Crippen molar-refractivity contribution in [3.63, 3.8) is 0 Å². The van der Waals surface area contributed by atoms with Gasteiger partial charge in [0.05, 0.1) is 12.0 Å². The van der Waals surface area contributed by atoms with Gasteiger partial charge in [-0.1, -0.05) is 19.3 Å². The zero-order chi connectivity index (χ0) is 12.0. The number of hydrogen-bond acceptors (Lipinski definition) is 2. The highest BCUT2D eigenvalue weighted by molar-refractivity contribution is 7.80. The highest BCUT2D eigenvalue weighted by Crippen LogP contribution is 2.17. The maximum Gasteiger partial charge on any atom is 0.168 e. The maximum absolute atomic E-state index is 8.75. The Kier molecular flexibility index (Phi) is 5.54. The lowest BCUT2D eigenvalue weighted by molar-refractivity contribution is 0.386. The Balaban J connectivity index is 2.30. The van der Waals surface area contributed by atoms with Gasteiger partial charge in [0.2, 0.25) is 0 Å². The number of rotatable bonds is 3. The van der Waals surface area contributed by atoms with Crippen LogP contribution in [0.3, 0.4) is 0 Å². The second kappa shape index (κ2) is 6.70. The molecule has 1 aliphatic rings. The van der Waals surface area contributed by atoms with Crippen molar-refractivity contribution in [3.05, 3.63) is 0 Å². The standard InChI is InChI=1S/C12H21N3S/c1-10(8-13)9-15(2)12(16)14-11-6-4-3-5-7-11/h10-11H,3-7,9H2,1-2H3,(H,14,16). The first-order chi connectivity index (χ1) is 7.63. The molecule has 0 aromatic rings. The average molecular weight is 239 g/mol. The van der Waals surface area contributed by atoms with Gasteiger partial charge in [-0.15, -0.1) is 0 Å². The van der Waals surface area contributed by atoms with E-state index >= 15 is 0 Å². The van der Waals surface area contributed by atoms with E-state index in [1.165, 1.54) is 32.1 Å². The van der Waals surface area contributed by atoms with Crippen molar-refractivity contribution in [1.82, 2.24) is 10.2 Å². The molecular weight excluding hydrogens is 218 g/mol. The molecule has 1 aliphatic carbocycles. The van der Waals surface area contributed by atoms with Gasteiger partial charge in [-0.2, -0.15) is 5.26 Å². The van der Waals surface area contributed by atoms with E-state index in [1.54, 1.807) is 0 Å². The molecule has 1 unspecified atom stereocenters. The summed E-state index contributed by atoms with van der Waals surface area (Å²) < 4.78 is 0. The summed E-state index contributed by atoms with van der Waals surface area (Å²) >= 11 is 5.33. The van der Waals surface area contributed by atoms with Crippen LogP contribution >= 0.6 is 12.2 Å². The van der Waals surface area contributed by atoms with Crippen LogP contribution in [0.4, 0.5) is 0 Å². The Labute approximate surface area is 104 Å². The Hall–Kier alpha value is -0.820. The van der Waals surface area contributed by atoms with E-state index in [4.69, 9.17) is 17.5 Å². The molecule has 0 saturated heterocycles. The normalized spacial score (nSPS) is 18.6. The monoisotopic (exact) mass is 239 g/mol. The van der Waals surface area contributed by atoms with Gasteiger partial charge in [0.25, 0.3) is 0 Å². The van der Waals surface area contributed by atoms with Gasteiger partial charge in [-0.3, -0.25) is 0 Å². The van der Waals surface area contributed by atoms with Crippen LogP contribution in [-0.4, -0.2) is 29.6 Å². The minimum atomic E-state index is 0.0242. The zero-order valence-electron chi connectivity index (χ0n) is 10.2. The van der Waals surface area contributed by atoms with Crippen LogP contribution in [0.5, 0.6) is 0 Å². The van der Waals surface area contributed by atoms with E-state index in [0.717, 1.165) is 5.11 Å². The summed E-state index contributed by atoms with van der Waals surface area (Å²) in [5.41, 5.74) is 0. The van der Waals surface area contributed by atoms with E-state index in [1.807, 2.05) is 18.9 Å². The summed E-state index contributed by atoms with van der Waals surface area (Å²) in [6.45, 7) is 2.62. The number of nitriles is 1. The van der Waals surface area contributed by atoms with Gasteiger partial charge in [-0.25, -0.2) is 0 Å². The van der Waals surface area contributed by atoms with Crippen molar-refractivity contribution in [2.45, 2.75) is 45.1 Å². The summed E-state index contributed by atoms with van der Waals surface area (Å²) in [7, 11) is 1.95. The van der Waals surface area contributed by atoms with Gasteiger partial charge in [0.15, 0.2) is 5.11 Å². The molecular formula is C12H21N3S. The fourth-order valence-corrected chi connectivity index (χ4v) is 2.31. The SMILES string of the molecule is CC(C#N)CN(C)C(=S)NC1CCCCC1. The highest BCUT2D eigenvalue weighted by Gasteiger charge is 2.16. The van der Waals surface area contributed by atoms with Crippen molar-refractivity contribution in [2.24, 2.45) is 5.92 Å². The summed E-state index contributed by atoms with van der Waals surface area (Å²) in [6.07, 6.45) is 6.41. The topological polar surface area (TPSA) is 39.1 Å². The molecule has 0 bridgehead atoms. The van der Waals surface area contributed by atoms with Crippen molar-refractivity contribution in [2.75, 3.05) is 13.6 Å². The Morgan fingerprint density at radius 2 is 2.12 bits per heavy atom. The molecule has 0 amide bonds. The van der Waals surface area contributed by atoms with E-state index < -0.39 is 0 Å². The van der Waals surface area contributed by atoms with Crippen molar-refractivity contribution in [3.8, 4) is 6.07 Å². The van der Waals surface area contributed by atoms with Gasteiger partial charge >= 0.3 is 0 Å². The summed E-state index contributed by atoms with van der Waals surface area (Å²) in [6, 6.07) is 2.77. The summed E-state index contributed by atoms with van der Waals surface area (Å²) in [5.74, 6) is 0.0242. The van der Waals surface area contributed by atoms with E-state index in [2.05, 4.69) is 11.4 Å². The first kappa shape index (κ1) is 13.2. The van der Waals surface area contributed by atoms with Crippen molar-refractivity contribution < 1.29 is 0 Å². The number of nitrogens with one attached hydrogen (secondary N) is 1. The molecule has 90 valence electrons. The highest BCUT2D eigenvalue weighted by atomic mass is 32.1. The molecule has 0 aromatic carbocycles. The lowest BCUT2D eigenvalue weighted by Crippen LogP contribution is -2.44. The molecule has 1 saturated carbocycles. The third kappa shape index (κ3) is 4.36. The first-order valence-corrected chi connectivity index (χ1v) is 6.45. The summed E-state index contributed by atoms with van der Waals surface area (Å²) in [5, 5.41) is 12.9. The van der Waals surface area contributed by atoms with Crippen LogP contribution in [0.2, 0.25) is 0 Å². The molecule has 0 aliphatic heterocycles. The van der Waals surface area contributed by atoms with Crippen molar-refractivity contribution in [1.29, 1.82) is 5.26 Å².